The number of fused-ring (bicyclic) bond motifs is 1. The number of nitrogens with one attached hydrogen (secondary N) is 1. The fourth-order valence-electron chi connectivity index (χ4n) is 2.83. The van der Waals surface area contributed by atoms with Crippen LogP contribution in [-0.4, -0.2) is 42.8 Å². The summed E-state index contributed by atoms with van der Waals surface area (Å²) < 4.78 is 65.6. The van der Waals surface area contributed by atoms with Gasteiger partial charge in [-0.2, -0.15) is 13.2 Å². The molecule has 11 heteroatoms. The second-order valence-electron chi connectivity index (χ2n) is 7.15. The molecule has 0 saturated carbocycles. The highest BCUT2D eigenvalue weighted by atomic mass is 32.2. The Morgan fingerprint density at radius 1 is 1.12 bits per heavy atom. The largest absolute Gasteiger partial charge is 0.439 e. The summed E-state index contributed by atoms with van der Waals surface area (Å²) in [4.78, 5) is 20.1. The summed E-state index contributed by atoms with van der Waals surface area (Å²) in [5.74, 6) is 0.143. The van der Waals surface area contributed by atoms with E-state index in [9.17, 15) is 26.4 Å². The van der Waals surface area contributed by atoms with Crippen LogP contribution in [-0.2, 0) is 27.2 Å². The predicted molar refractivity (Wildman–Crippen MR) is 112 cm³/mol. The summed E-state index contributed by atoms with van der Waals surface area (Å²) in [6, 6.07) is 10.4. The lowest BCUT2D eigenvalue weighted by atomic mass is 10.1. The van der Waals surface area contributed by atoms with Gasteiger partial charge in [0.1, 0.15) is 15.6 Å². The van der Waals surface area contributed by atoms with Gasteiger partial charge in [-0.1, -0.05) is 6.07 Å². The molecule has 0 atom stereocenters. The number of alkyl halides is 3. The summed E-state index contributed by atoms with van der Waals surface area (Å²) in [6.45, 7) is 0.262. The van der Waals surface area contributed by atoms with E-state index in [-0.39, 0.29) is 30.5 Å². The molecule has 0 fully saturated rings. The van der Waals surface area contributed by atoms with Gasteiger partial charge in [-0.15, -0.1) is 0 Å². The molecular formula is C21H20F3N3O4S. The highest BCUT2D eigenvalue weighted by Gasteiger charge is 2.30. The first-order valence-corrected chi connectivity index (χ1v) is 11.6. The topological polar surface area (TPSA) is 98.2 Å². The fourth-order valence-corrected chi connectivity index (χ4v) is 3.49. The van der Waals surface area contributed by atoms with Gasteiger partial charge in [0.25, 0.3) is 0 Å². The van der Waals surface area contributed by atoms with Crippen LogP contribution >= 0.6 is 0 Å². The van der Waals surface area contributed by atoms with Crippen molar-refractivity contribution in [1.29, 1.82) is 0 Å². The average molecular weight is 467 g/mol. The predicted octanol–water partition coefficient (Wildman–Crippen LogP) is 3.53. The molecule has 3 aromatic rings. The minimum atomic E-state index is -4.47. The Hall–Kier alpha value is -3.21. The van der Waals surface area contributed by atoms with Crippen LogP contribution in [0.25, 0.3) is 10.9 Å². The number of rotatable bonds is 8. The van der Waals surface area contributed by atoms with Crippen molar-refractivity contribution in [2.75, 3.05) is 18.6 Å². The van der Waals surface area contributed by atoms with Crippen molar-refractivity contribution in [2.24, 2.45) is 0 Å². The molecule has 3 rings (SSSR count). The first-order chi connectivity index (χ1) is 15.0. The highest BCUT2D eigenvalue weighted by Crippen LogP contribution is 2.30. The number of halogens is 3. The van der Waals surface area contributed by atoms with E-state index < -0.39 is 21.6 Å². The summed E-state index contributed by atoms with van der Waals surface area (Å²) in [5.41, 5.74) is 0.288. The smallest absolute Gasteiger partial charge is 0.417 e. The average Bonchev–Trinajstić information content (AvgIpc) is 2.70. The first-order valence-electron chi connectivity index (χ1n) is 9.55. The van der Waals surface area contributed by atoms with E-state index in [0.29, 0.717) is 35.0 Å². The van der Waals surface area contributed by atoms with Gasteiger partial charge in [0.2, 0.25) is 11.8 Å². The van der Waals surface area contributed by atoms with E-state index in [1.165, 1.54) is 0 Å². The Kier molecular flexibility index (Phi) is 6.97. The molecular weight excluding hydrogens is 447 g/mol. The van der Waals surface area contributed by atoms with Gasteiger partial charge in [-0.3, -0.25) is 9.78 Å². The van der Waals surface area contributed by atoms with Gasteiger partial charge in [-0.25, -0.2) is 13.4 Å². The lowest BCUT2D eigenvalue weighted by molar-refractivity contribution is -0.137. The van der Waals surface area contributed by atoms with Gasteiger partial charge >= 0.3 is 6.18 Å². The van der Waals surface area contributed by atoms with Crippen molar-refractivity contribution in [3.05, 3.63) is 59.9 Å². The lowest BCUT2D eigenvalue weighted by Crippen LogP contribution is -2.27. The van der Waals surface area contributed by atoms with Gasteiger partial charge in [0.05, 0.1) is 28.9 Å². The third-order valence-corrected chi connectivity index (χ3v) is 5.39. The molecule has 1 N–H and O–H groups in total. The molecule has 2 aromatic heterocycles. The number of carbonyl (C=O) groups is 1. The number of sulfone groups is 1. The molecule has 170 valence electrons. The van der Waals surface area contributed by atoms with Crippen LogP contribution in [0.5, 0.6) is 11.6 Å². The Bertz CT molecular complexity index is 1210. The summed E-state index contributed by atoms with van der Waals surface area (Å²) >= 11 is 0. The molecule has 7 nitrogen and oxygen atoms in total. The van der Waals surface area contributed by atoms with E-state index in [1.807, 2.05) is 0 Å². The number of ether oxygens (including phenoxy) is 1. The van der Waals surface area contributed by atoms with Crippen LogP contribution in [0.1, 0.15) is 17.7 Å². The Morgan fingerprint density at radius 3 is 2.56 bits per heavy atom. The Labute approximate surface area is 182 Å². The van der Waals surface area contributed by atoms with Crippen molar-refractivity contribution < 1.29 is 31.1 Å². The molecule has 0 aliphatic rings. The Morgan fingerprint density at radius 2 is 1.91 bits per heavy atom. The van der Waals surface area contributed by atoms with Crippen molar-refractivity contribution in [3.63, 3.8) is 0 Å². The molecule has 0 saturated heterocycles. The van der Waals surface area contributed by atoms with E-state index in [1.54, 1.807) is 30.3 Å². The van der Waals surface area contributed by atoms with Crippen LogP contribution < -0.4 is 10.1 Å². The number of benzene rings is 1. The zero-order valence-electron chi connectivity index (χ0n) is 17.0. The number of hydrogen-bond donors (Lipinski definition) is 1. The number of amides is 1. The normalized spacial score (nSPS) is 12.0. The monoisotopic (exact) mass is 467 g/mol. The van der Waals surface area contributed by atoms with E-state index >= 15 is 0 Å². The highest BCUT2D eigenvalue weighted by molar-refractivity contribution is 7.90. The number of aromatic nitrogens is 2. The van der Waals surface area contributed by atoms with Crippen molar-refractivity contribution in [2.45, 2.75) is 19.0 Å². The molecule has 0 radical (unpaired) electrons. The molecule has 1 aromatic carbocycles. The minimum absolute atomic E-state index is 0.00784. The van der Waals surface area contributed by atoms with Crippen LogP contribution in [0, 0.1) is 0 Å². The number of pyridine rings is 2. The third kappa shape index (κ3) is 6.91. The minimum Gasteiger partial charge on any atom is -0.439 e. The standard InChI is InChI=1S/C21H20F3N3O4S/c1-32(29,30)10-2-9-25-19(28)12-16-5-3-14-11-17(6-7-18(14)27-16)31-20-8-4-15(13-26-20)21(22,23)24/h3-8,11,13H,2,9-10,12H2,1H3,(H,25,28). The van der Waals surface area contributed by atoms with E-state index in [4.69, 9.17) is 4.74 Å². The number of carbonyl (C=O) groups excluding carboxylic acids is 1. The summed E-state index contributed by atoms with van der Waals surface area (Å²) in [7, 11) is -3.06. The van der Waals surface area contributed by atoms with Crippen LogP contribution in [0.3, 0.4) is 0 Å². The van der Waals surface area contributed by atoms with E-state index in [0.717, 1.165) is 18.4 Å². The second kappa shape index (κ2) is 9.51. The Balaban J connectivity index is 1.60. The van der Waals surface area contributed by atoms with E-state index in [2.05, 4.69) is 15.3 Å². The molecule has 2 heterocycles. The van der Waals surface area contributed by atoms with Gasteiger partial charge in [0, 0.05) is 30.4 Å². The van der Waals surface area contributed by atoms with Gasteiger partial charge in [-0.05, 0) is 36.8 Å². The summed E-state index contributed by atoms with van der Waals surface area (Å²) in [5, 5.41) is 3.38. The fraction of sp³-hybridized carbons (Fsp3) is 0.286. The molecule has 1 amide bonds. The lowest BCUT2D eigenvalue weighted by Gasteiger charge is -2.09. The molecule has 32 heavy (non-hydrogen) atoms. The molecule has 0 aliphatic heterocycles. The van der Waals surface area contributed by atoms with Gasteiger partial charge < -0.3 is 10.1 Å². The second-order valence-corrected chi connectivity index (χ2v) is 9.41. The maximum absolute atomic E-state index is 12.6. The van der Waals surface area contributed by atoms with Crippen LogP contribution in [0.2, 0.25) is 0 Å². The zero-order valence-corrected chi connectivity index (χ0v) is 17.8. The van der Waals surface area contributed by atoms with Crippen molar-refractivity contribution >= 4 is 26.6 Å². The van der Waals surface area contributed by atoms with Crippen LogP contribution in [0.15, 0.2) is 48.7 Å². The SMILES string of the molecule is CS(=O)(=O)CCCNC(=O)Cc1ccc2cc(Oc3ccc(C(F)(F)F)cn3)ccc2n1. The third-order valence-electron chi connectivity index (χ3n) is 4.36. The zero-order chi connectivity index (χ0) is 23.4. The maximum Gasteiger partial charge on any atom is 0.417 e. The van der Waals surface area contributed by atoms with Crippen molar-refractivity contribution in [1.82, 2.24) is 15.3 Å². The maximum atomic E-state index is 12.6. The van der Waals surface area contributed by atoms with Crippen molar-refractivity contribution in [3.8, 4) is 11.6 Å². The first kappa shape index (κ1) is 23.5. The molecule has 0 aliphatic carbocycles. The van der Waals surface area contributed by atoms with Crippen LogP contribution in [0.4, 0.5) is 13.2 Å². The number of nitrogens with zero attached hydrogens (tertiary/aromatic N) is 2. The quantitative estimate of drug-likeness (QED) is 0.509. The molecule has 0 spiro atoms. The molecule has 0 bridgehead atoms. The summed E-state index contributed by atoms with van der Waals surface area (Å²) in [6.07, 6.45) is -2.24. The molecule has 0 unspecified atom stereocenters. The number of hydrogen-bond acceptors (Lipinski definition) is 6. The van der Waals surface area contributed by atoms with Gasteiger partial charge in [0.15, 0.2) is 0 Å².